The molecule has 0 spiro atoms. The zero-order valence-corrected chi connectivity index (χ0v) is 29.2. The second-order valence-electron chi connectivity index (χ2n) is 12.1. The van der Waals surface area contributed by atoms with Crippen LogP contribution in [0.5, 0.6) is 0 Å². The van der Waals surface area contributed by atoms with Gasteiger partial charge in [-0.15, -0.1) is 0 Å². The Morgan fingerprint density at radius 1 is 0.843 bits per heavy atom. The van der Waals surface area contributed by atoms with E-state index in [1.165, 1.54) is 4.90 Å². The van der Waals surface area contributed by atoms with Crippen LogP contribution in [0.1, 0.15) is 75.5 Å². The summed E-state index contributed by atoms with van der Waals surface area (Å²) < 4.78 is 11.6. The monoisotopic (exact) mass is 703 g/mol. The molecule has 0 aliphatic carbocycles. The maximum Gasteiger partial charge on any atom is 0.410 e. The molecule has 14 heteroatoms. The summed E-state index contributed by atoms with van der Waals surface area (Å²) in [6, 6.07) is 23.2. The number of azide groups is 1. The first-order chi connectivity index (χ1) is 24.8. The summed E-state index contributed by atoms with van der Waals surface area (Å²) in [6.07, 6.45) is 1.30. The molecule has 0 aromatic heterocycles. The van der Waals surface area contributed by atoms with Crippen LogP contribution in [-0.4, -0.2) is 73.0 Å². The molecule has 0 fully saturated rings. The van der Waals surface area contributed by atoms with E-state index in [0.29, 0.717) is 45.3 Å². The predicted molar refractivity (Wildman–Crippen MR) is 194 cm³/mol. The number of hydrogen-bond donors (Lipinski definition) is 4. The van der Waals surface area contributed by atoms with Crippen LogP contribution in [0, 0.1) is 0 Å². The smallest absolute Gasteiger partial charge is 0.410 e. The number of nitrogens with zero attached hydrogens (tertiary/aromatic N) is 4. The van der Waals surface area contributed by atoms with E-state index in [2.05, 4.69) is 26.0 Å². The number of nitrogens with one attached hydrogen (secondary N) is 3. The van der Waals surface area contributed by atoms with E-state index in [4.69, 9.17) is 20.1 Å². The molecule has 2 atom stereocenters. The molecule has 0 unspecified atom stereocenters. The fourth-order valence-electron chi connectivity index (χ4n) is 5.29. The Labute approximate surface area is 298 Å². The third-order valence-electron chi connectivity index (χ3n) is 8.09. The van der Waals surface area contributed by atoms with Crippen LogP contribution in [0.15, 0.2) is 77.9 Å². The van der Waals surface area contributed by atoms with Crippen LogP contribution in [0.3, 0.4) is 0 Å². The van der Waals surface area contributed by atoms with E-state index >= 15 is 0 Å². The molecule has 0 heterocycles. The molecular weight excluding hydrogens is 654 g/mol. The number of amides is 4. The lowest BCUT2D eigenvalue weighted by atomic mass is 10.0. The second kappa shape index (κ2) is 23.1. The topological polar surface area (TPSA) is 195 Å². The Morgan fingerprint density at radius 2 is 1.55 bits per heavy atom. The number of hydrogen-bond acceptors (Lipinski definition) is 7. The number of fused-ring (bicyclic) bond motifs is 1. The van der Waals surface area contributed by atoms with E-state index in [0.717, 1.165) is 41.2 Å². The predicted octanol–water partition coefficient (Wildman–Crippen LogP) is 6.81. The van der Waals surface area contributed by atoms with E-state index in [9.17, 15) is 19.2 Å². The van der Waals surface area contributed by atoms with Gasteiger partial charge in [0.15, 0.2) is 0 Å². The third-order valence-corrected chi connectivity index (χ3v) is 8.09. The zero-order valence-electron chi connectivity index (χ0n) is 29.2. The largest absolute Gasteiger partial charge is 0.465 e. The first kappa shape index (κ1) is 40.1. The summed E-state index contributed by atoms with van der Waals surface area (Å²) in [5.74, 6) is -0.790. The minimum Gasteiger partial charge on any atom is -0.465 e. The number of carboxylic acid groups (broad SMARTS) is 1. The van der Waals surface area contributed by atoms with E-state index < -0.39 is 30.4 Å². The van der Waals surface area contributed by atoms with Crippen LogP contribution >= 0.6 is 0 Å². The van der Waals surface area contributed by atoms with Gasteiger partial charge in [0.05, 0.1) is 6.10 Å². The molecule has 0 aliphatic rings. The Bertz CT molecular complexity index is 1580. The highest BCUT2D eigenvalue weighted by Gasteiger charge is 2.24. The van der Waals surface area contributed by atoms with Gasteiger partial charge in [0.2, 0.25) is 12.1 Å². The van der Waals surface area contributed by atoms with Gasteiger partial charge < -0.3 is 35.4 Å². The Balaban J connectivity index is 1.54. The Kier molecular flexibility index (Phi) is 18.2. The summed E-state index contributed by atoms with van der Waals surface area (Å²) in [7, 11) is 0. The lowest BCUT2D eigenvalue weighted by Gasteiger charge is -2.24. The van der Waals surface area contributed by atoms with Crippen molar-refractivity contribution in [3.63, 3.8) is 0 Å². The van der Waals surface area contributed by atoms with Gasteiger partial charge in [0.1, 0.15) is 6.61 Å². The minimum absolute atomic E-state index is 0.113. The molecule has 4 N–H and O–H groups in total. The molecule has 3 aromatic rings. The van der Waals surface area contributed by atoms with Crippen molar-refractivity contribution in [2.75, 3.05) is 32.7 Å². The molecule has 4 amide bonds. The van der Waals surface area contributed by atoms with Crippen molar-refractivity contribution in [2.24, 2.45) is 5.11 Å². The number of carbonyl (C=O) groups excluding carboxylic acids is 3. The maximum atomic E-state index is 13.4. The lowest BCUT2D eigenvalue weighted by Crippen LogP contribution is -2.49. The minimum atomic E-state index is -1.23. The molecule has 0 radical (unpaired) electrons. The molecule has 0 saturated carbocycles. The van der Waals surface area contributed by atoms with Crippen molar-refractivity contribution in [1.82, 2.24) is 20.9 Å². The maximum absolute atomic E-state index is 13.4. The molecule has 3 rings (SSSR count). The van der Waals surface area contributed by atoms with Crippen molar-refractivity contribution in [3.8, 4) is 0 Å². The van der Waals surface area contributed by atoms with Crippen LogP contribution in [0.25, 0.3) is 21.2 Å². The van der Waals surface area contributed by atoms with Crippen LogP contribution in [0.4, 0.5) is 9.59 Å². The first-order valence-electron chi connectivity index (χ1n) is 17.4. The molecule has 0 bridgehead atoms. The number of carbonyl (C=O) groups is 4. The first-order valence-corrected chi connectivity index (χ1v) is 17.4. The molecule has 14 nitrogen and oxygen atoms in total. The van der Waals surface area contributed by atoms with E-state index in [-0.39, 0.29) is 32.0 Å². The Morgan fingerprint density at radius 3 is 2.31 bits per heavy atom. The number of unbranched alkanes of at least 4 members (excludes halogenated alkanes) is 4. The molecular formula is C37H49N7O7. The van der Waals surface area contributed by atoms with Gasteiger partial charge in [-0.2, -0.15) is 0 Å². The van der Waals surface area contributed by atoms with Gasteiger partial charge in [0, 0.05) is 44.1 Å². The van der Waals surface area contributed by atoms with Gasteiger partial charge in [-0.05, 0) is 72.5 Å². The number of benzene rings is 3. The van der Waals surface area contributed by atoms with Crippen molar-refractivity contribution in [1.29, 1.82) is 0 Å². The SMILES string of the molecule is C[C@H](O[C@H](NC(=O)CCCCCCN=[N+]=[N-])C(=O)NCCCCN(CCCNC(=O)O)C(=O)OCc1ccccc1)c1ccc2ccccc2c1. The van der Waals surface area contributed by atoms with Gasteiger partial charge in [-0.1, -0.05) is 84.7 Å². The van der Waals surface area contributed by atoms with E-state index in [1.54, 1.807) is 0 Å². The highest BCUT2D eigenvalue weighted by atomic mass is 16.6. The number of ether oxygens (including phenoxy) is 2. The normalized spacial score (nSPS) is 11.9. The molecule has 0 aliphatic heterocycles. The van der Waals surface area contributed by atoms with Gasteiger partial charge in [-0.25, -0.2) is 9.59 Å². The van der Waals surface area contributed by atoms with Crippen molar-refractivity contribution in [2.45, 2.75) is 77.2 Å². The summed E-state index contributed by atoms with van der Waals surface area (Å²) >= 11 is 0. The summed E-state index contributed by atoms with van der Waals surface area (Å²) in [5.41, 5.74) is 10.1. The standard InChI is InChI=1S/C37H49N7O7/c1-28(31-20-19-30-16-8-9-17-32(30)26-31)51-35(42-33(45)18-7-2-3-10-23-41-43-38)34(46)39-21-11-12-24-44(25-13-22-40-36(47)48)37(49)50-27-29-14-5-4-6-15-29/h4-6,8-9,14-17,19-20,26,28,35,40H,2-3,7,10-13,18,21-25,27H2,1H3,(H,39,46)(H,42,45)(H,47,48)/t28-,35-/m0/s1. The Hall–Kier alpha value is -5.33. The third kappa shape index (κ3) is 15.8. The summed E-state index contributed by atoms with van der Waals surface area (Å²) in [5, 5.41) is 22.4. The fraction of sp³-hybridized carbons (Fsp3) is 0.459. The second-order valence-corrected chi connectivity index (χ2v) is 12.1. The summed E-state index contributed by atoms with van der Waals surface area (Å²) in [4.78, 5) is 54.2. The van der Waals surface area contributed by atoms with E-state index in [1.807, 2.05) is 79.7 Å². The molecule has 51 heavy (non-hydrogen) atoms. The van der Waals surface area contributed by atoms with Crippen LogP contribution in [0.2, 0.25) is 0 Å². The van der Waals surface area contributed by atoms with Gasteiger partial charge >= 0.3 is 12.2 Å². The van der Waals surface area contributed by atoms with Gasteiger partial charge in [-0.3, -0.25) is 9.59 Å². The zero-order chi connectivity index (χ0) is 36.7. The van der Waals surface area contributed by atoms with Crippen molar-refractivity contribution < 1.29 is 33.8 Å². The van der Waals surface area contributed by atoms with Crippen LogP contribution < -0.4 is 16.0 Å². The average Bonchev–Trinajstić information content (AvgIpc) is 3.13. The molecule has 0 saturated heterocycles. The highest BCUT2D eigenvalue weighted by molar-refractivity contribution is 5.86. The molecule has 3 aromatic carbocycles. The number of rotatable bonds is 23. The molecule has 274 valence electrons. The van der Waals surface area contributed by atoms with Crippen molar-refractivity contribution in [3.05, 3.63) is 94.4 Å². The van der Waals surface area contributed by atoms with Crippen LogP contribution in [-0.2, 0) is 25.7 Å². The van der Waals surface area contributed by atoms with Gasteiger partial charge in [0.25, 0.3) is 5.91 Å². The summed E-state index contributed by atoms with van der Waals surface area (Å²) in [6.45, 7) is 3.47. The average molecular weight is 704 g/mol. The van der Waals surface area contributed by atoms with Crippen molar-refractivity contribution >= 4 is 34.8 Å². The fourth-order valence-corrected chi connectivity index (χ4v) is 5.29. The lowest BCUT2D eigenvalue weighted by molar-refractivity contribution is -0.145. The highest BCUT2D eigenvalue weighted by Crippen LogP contribution is 2.23. The quantitative estimate of drug-likeness (QED) is 0.0274.